The van der Waals surface area contributed by atoms with E-state index in [1.54, 1.807) is 86.0 Å². The number of esters is 2. The van der Waals surface area contributed by atoms with Gasteiger partial charge < -0.3 is 9.47 Å². The van der Waals surface area contributed by atoms with Crippen LogP contribution in [0.2, 0.25) is 0 Å². The van der Waals surface area contributed by atoms with Gasteiger partial charge in [-0.2, -0.15) is 0 Å². The molecule has 6 rings (SSSR count). The Morgan fingerprint density at radius 3 is 1.29 bits per heavy atom. The SMILES string of the molecule is C#CC(C)(C)OC(=O)c1ccc(-c2nc3c(-c4ccc(Br)s4)sc(-c4ccc(Br)s4)c3nc2-c2ccc(C(=O)OC(C)(C)C#C)cc2)cc1. The number of rotatable bonds is 8. The minimum absolute atomic E-state index is 0.352. The molecule has 0 fully saturated rings. The predicted octanol–water partition coefficient (Wildman–Crippen LogP) is 11.1. The number of halogens is 2. The Morgan fingerprint density at radius 2 is 0.980 bits per heavy atom. The van der Waals surface area contributed by atoms with Crippen molar-refractivity contribution in [1.82, 2.24) is 9.97 Å². The molecular weight excluding hydrogens is 804 g/mol. The van der Waals surface area contributed by atoms with Crippen molar-refractivity contribution in [3.05, 3.63) is 91.5 Å². The predicted molar refractivity (Wildman–Crippen MR) is 207 cm³/mol. The monoisotopic (exact) mass is 828 g/mol. The number of hydrogen-bond acceptors (Lipinski definition) is 9. The molecule has 0 amide bonds. The van der Waals surface area contributed by atoms with Gasteiger partial charge in [-0.25, -0.2) is 19.6 Å². The zero-order valence-corrected chi connectivity index (χ0v) is 32.2. The van der Waals surface area contributed by atoms with E-state index in [4.69, 9.17) is 32.3 Å². The molecule has 0 spiro atoms. The summed E-state index contributed by atoms with van der Waals surface area (Å²) in [7, 11) is 0. The van der Waals surface area contributed by atoms with Crippen molar-refractivity contribution in [2.45, 2.75) is 38.9 Å². The van der Waals surface area contributed by atoms with Crippen molar-refractivity contribution in [1.29, 1.82) is 0 Å². The average molecular weight is 831 g/mol. The van der Waals surface area contributed by atoms with Crippen LogP contribution in [0.5, 0.6) is 0 Å². The minimum Gasteiger partial charge on any atom is -0.443 e. The van der Waals surface area contributed by atoms with Crippen molar-refractivity contribution in [3.8, 4) is 66.7 Å². The molecule has 244 valence electrons. The molecular formula is C38H26Br2N2O4S3. The Bertz CT molecular complexity index is 2160. The third-order valence-corrected chi connectivity index (χ3v) is 12.1. The van der Waals surface area contributed by atoms with Crippen molar-refractivity contribution in [3.63, 3.8) is 0 Å². The zero-order valence-electron chi connectivity index (χ0n) is 26.6. The molecule has 0 unspecified atom stereocenters. The number of ether oxygens (including phenoxy) is 2. The maximum Gasteiger partial charge on any atom is 0.339 e. The summed E-state index contributed by atoms with van der Waals surface area (Å²) >= 11 is 12.1. The number of aromatic nitrogens is 2. The molecule has 0 bridgehead atoms. The number of carbonyl (C=O) groups is 2. The summed E-state index contributed by atoms with van der Waals surface area (Å²) in [5.41, 5.74) is 2.82. The van der Waals surface area contributed by atoms with Crippen LogP contribution < -0.4 is 0 Å². The van der Waals surface area contributed by atoms with Gasteiger partial charge in [0.15, 0.2) is 11.2 Å². The first-order chi connectivity index (χ1) is 23.3. The molecule has 0 aliphatic carbocycles. The fourth-order valence-electron chi connectivity index (χ4n) is 4.73. The normalized spacial score (nSPS) is 11.6. The number of fused-ring (bicyclic) bond motifs is 1. The first kappa shape index (κ1) is 34.8. The molecule has 0 aliphatic heterocycles. The molecule has 0 atom stereocenters. The van der Waals surface area contributed by atoms with E-state index >= 15 is 0 Å². The highest BCUT2D eigenvalue weighted by molar-refractivity contribution is 9.11. The Balaban J connectivity index is 1.53. The first-order valence-electron chi connectivity index (χ1n) is 14.8. The van der Waals surface area contributed by atoms with E-state index in [9.17, 15) is 9.59 Å². The first-order valence-corrected chi connectivity index (χ1v) is 18.8. The lowest BCUT2D eigenvalue weighted by Crippen LogP contribution is -2.25. The van der Waals surface area contributed by atoms with E-state index in [-0.39, 0.29) is 0 Å². The van der Waals surface area contributed by atoms with Crippen molar-refractivity contribution >= 4 is 88.8 Å². The van der Waals surface area contributed by atoms with Gasteiger partial charge in [0.1, 0.15) is 11.0 Å². The lowest BCUT2D eigenvalue weighted by molar-refractivity contribution is 0.0193. The fraction of sp³-hybridized carbons (Fsp3) is 0.158. The van der Waals surface area contributed by atoms with Gasteiger partial charge in [-0.3, -0.25) is 0 Å². The number of thiophene rings is 3. The van der Waals surface area contributed by atoms with E-state index in [1.807, 2.05) is 36.4 Å². The van der Waals surface area contributed by atoms with E-state index < -0.39 is 23.1 Å². The molecule has 6 nitrogen and oxygen atoms in total. The van der Waals surface area contributed by atoms with E-state index in [2.05, 4.69) is 55.8 Å². The number of benzene rings is 2. The van der Waals surface area contributed by atoms with Crippen molar-refractivity contribution < 1.29 is 19.1 Å². The van der Waals surface area contributed by atoms with E-state index in [0.717, 1.165) is 49.2 Å². The summed E-state index contributed by atoms with van der Waals surface area (Å²) in [6, 6.07) is 22.2. The van der Waals surface area contributed by atoms with Crippen LogP contribution in [0, 0.1) is 24.7 Å². The molecule has 0 radical (unpaired) electrons. The highest BCUT2D eigenvalue weighted by Crippen LogP contribution is 2.48. The number of carbonyl (C=O) groups excluding carboxylic acids is 2. The molecule has 0 aliphatic rings. The third kappa shape index (κ3) is 7.42. The maximum atomic E-state index is 12.9. The molecule has 49 heavy (non-hydrogen) atoms. The summed E-state index contributed by atoms with van der Waals surface area (Å²) in [6.07, 6.45) is 11.1. The van der Waals surface area contributed by atoms with Crippen LogP contribution in [0.25, 0.3) is 53.1 Å². The topological polar surface area (TPSA) is 78.4 Å². The van der Waals surface area contributed by atoms with Gasteiger partial charge in [-0.15, -0.1) is 46.9 Å². The lowest BCUT2D eigenvalue weighted by atomic mass is 10.0. The lowest BCUT2D eigenvalue weighted by Gasteiger charge is -2.18. The van der Waals surface area contributed by atoms with Gasteiger partial charge in [0.25, 0.3) is 0 Å². The van der Waals surface area contributed by atoms with Crippen molar-refractivity contribution in [2.75, 3.05) is 0 Å². The van der Waals surface area contributed by atoms with Crippen LogP contribution in [-0.2, 0) is 9.47 Å². The second-order valence-corrected chi connectivity index (χ2v) is 17.8. The van der Waals surface area contributed by atoms with E-state index in [0.29, 0.717) is 22.5 Å². The molecule has 4 heterocycles. The summed E-state index contributed by atoms with van der Waals surface area (Å²) in [4.78, 5) is 40.4. The molecule has 0 saturated heterocycles. The smallest absolute Gasteiger partial charge is 0.339 e. The van der Waals surface area contributed by atoms with Gasteiger partial charge in [0.2, 0.25) is 0 Å². The number of nitrogens with zero attached hydrogens (tertiary/aromatic N) is 2. The highest BCUT2D eigenvalue weighted by Gasteiger charge is 2.25. The third-order valence-electron chi connectivity index (χ3n) is 7.30. The summed E-state index contributed by atoms with van der Waals surface area (Å²) in [6.45, 7) is 6.63. The zero-order chi connectivity index (χ0) is 35.1. The van der Waals surface area contributed by atoms with E-state index in [1.165, 1.54) is 0 Å². The Hall–Kier alpha value is -4.10. The van der Waals surface area contributed by atoms with Crippen molar-refractivity contribution in [2.24, 2.45) is 0 Å². The molecule has 0 saturated carbocycles. The van der Waals surface area contributed by atoms with Crippen LogP contribution in [0.15, 0.2) is 80.4 Å². The minimum atomic E-state index is -1.05. The molecule has 4 aromatic heterocycles. The largest absolute Gasteiger partial charge is 0.443 e. The second kappa shape index (κ2) is 13.7. The van der Waals surface area contributed by atoms with Gasteiger partial charge in [-0.1, -0.05) is 36.1 Å². The molecule has 2 aromatic carbocycles. The van der Waals surface area contributed by atoms with Gasteiger partial charge in [0.05, 0.1) is 39.8 Å². The Labute approximate surface area is 312 Å². The Morgan fingerprint density at radius 1 is 0.612 bits per heavy atom. The molecule has 6 aromatic rings. The summed E-state index contributed by atoms with van der Waals surface area (Å²) < 4.78 is 13.0. The van der Waals surface area contributed by atoms with Crippen LogP contribution in [0.1, 0.15) is 48.4 Å². The van der Waals surface area contributed by atoms with Crippen LogP contribution >= 0.6 is 65.9 Å². The van der Waals surface area contributed by atoms with Gasteiger partial charge >= 0.3 is 11.9 Å². The average Bonchev–Trinajstić information content (AvgIpc) is 3.81. The molecule has 0 N–H and O–H groups in total. The summed E-state index contributed by atoms with van der Waals surface area (Å²) in [5.74, 6) is 3.91. The highest BCUT2D eigenvalue weighted by atomic mass is 79.9. The van der Waals surface area contributed by atoms with Crippen LogP contribution in [0.4, 0.5) is 0 Å². The van der Waals surface area contributed by atoms with Crippen LogP contribution in [0.3, 0.4) is 0 Å². The summed E-state index contributed by atoms with van der Waals surface area (Å²) in [5, 5.41) is 0. The van der Waals surface area contributed by atoms with Crippen LogP contribution in [-0.4, -0.2) is 33.1 Å². The molecule has 11 heteroatoms. The number of terminal acetylenes is 2. The fourth-order valence-corrected chi connectivity index (χ4v) is 8.90. The van der Waals surface area contributed by atoms with Gasteiger partial charge in [-0.05, 0) is 108 Å². The Kier molecular flexibility index (Phi) is 9.69. The maximum absolute atomic E-state index is 12.9. The number of hydrogen-bond donors (Lipinski definition) is 0. The quantitative estimate of drug-likeness (QED) is 0.112. The standard InChI is InChI=1S/C38H26Br2N2O4S3/c1-7-37(3,4)45-35(43)23-13-9-21(10-14-23)29-30(22-11-15-24(16-12-22)36(44)46-38(5,6)8-2)42-32-31(41-29)33(25-17-19-27(39)47-25)49-34(32)26-18-20-28(40)48-26/h1-2,9-20H,3-6H3. The second-order valence-electron chi connectivity index (χ2n) is 11.8. The van der Waals surface area contributed by atoms with Gasteiger partial charge in [0, 0.05) is 20.9 Å².